The number of ether oxygens (including phenoxy) is 1. The van der Waals surface area contributed by atoms with E-state index < -0.39 is 10.0 Å². The van der Waals surface area contributed by atoms with Gasteiger partial charge >= 0.3 is 0 Å². The van der Waals surface area contributed by atoms with E-state index in [-0.39, 0.29) is 4.90 Å². The zero-order chi connectivity index (χ0) is 16.8. The Morgan fingerprint density at radius 3 is 2.23 bits per heavy atom. The summed E-state index contributed by atoms with van der Waals surface area (Å²) in [6, 6.07) is 3.47. The molecule has 22 heavy (non-hydrogen) atoms. The highest BCUT2D eigenvalue weighted by Crippen LogP contribution is 2.27. The first-order valence-corrected chi connectivity index (χ1v) is 9.30. The van der Waals surface area contributed by atoms with E-state index in [1.54, 1.807) is 12.1 Å². The standard InChI is InChI=1S/C16H28N2O3S/c1-6-18(7-2)10-9-17-22(19,20)16-12-14(5)13(4)11-15(16)21-8-3/h11-12,17H,6-10H2,1-5H3. The zero-order valence-electron chi connectivity index (χ0n) is 14.3. The number of benzene rings is 1. The van der Waals surface area contributed by atoms with Gasteiger partial charge in [0.15, 0.2) is 0 Å². The quantitative estimate of drug-likeness (QED) is 0.756. The van der Waals surface area contributed by atoms with E-state index in [0.29, 0.717) is 25.4 Å². The summed E-state index contributed by atoms with van der Waals surface area (Å²) in [6.07, 6.45) is 0. The van der Waals surface area contributed by atoms with Crippen LogP contribution in [0.3, 0.4) is 0 Å². The van der Waals surface area contributed by atoms with Gasteiger partial charge in [0, 0.05) is 13.1 Å². The Kier molecular flexibility index (Phi) is 7.32. The van der Waals surface area contributed by atoms with Crippen molar-refractivity contribution in [3.8, 4) is 5.75 Å². The molecule has 126 valence electrons. The Labute approximate surface area is 134 Å². The van der Waals surface area contributed by atoms with Crippen LogP contribution in [0.25, 0.3) is 0 Å². The minimum absolute atomic E-state index is 0.219. The largest absolute Gasteiger partial charge is 0.492 e. The number of nitrogens with zero attached hydrogens (tertiary/aromatic N) is 1. The van der Waals surface area contributed by atoms with Crippen LogP contribution in [0.4, 0.5) is 0 Å². The number of sulfonamides is 1. The monoisotopic (exact) mass is 328 g/mol. The maximum Gasteiger partial charge on any atom is 0.244 e. The third-order valence-corrected chi connectivity index (χ3v) is 5.25. The highest BCUT2D eigenvalue weighted by molar-refractivity contribution is 7.89. The first-order valence-electron chi connectivity index (χ1n) is 7.81. The van der Waals surface area contributed by atoms with Gasteiger partial charge in [-0.25, -0.2) is 13.1 Å². The fraction of sp³-hybridized carbons (Fsp3) is 0.625. The molecule has 0 amide bonds. The van der Waals surface area contributed by atoms with Crippen molar-refractivity contribution < 1.29 is 13.2 Å². The normalized spacial score (nSPS) is 11.9. The zero-order valence-corrected chi connectivity index (χ0v) is 15.1. The Bertz CT molecular complexity index is 581. The smallest absolute Gasteiger partial charge is 0.244 e. The Hall–Kier alpha value is -1.11. The fourth-order valence-electron chi connectivity index (χ4n) is 2.20. The van der Waals surface area contributed by atoms with Gasteiger partial charge in [0.1, 0.15) is 10.6 Å². The molecule has 0 radical (unpaired) electrons. The summed E-state index contributed by atoms with van der Waals surface area (Å²) in [5.41, 5.74) is 1.96. The minimum atomic E-state index is -3.57. The maximum atomic E-state index is 12.5. The van der Waals surface area contributed by atoms with Crippen molar-refractivity contribution in [3.63, 3.8) is 0 Å². The molecule has 0 aliphatic rings. The number of aryl methyl sites for hydroxylation is 2. The molecule has 0 aliphatic carbocycles. The molecule has 0 atom stereocenters. The van der Waals surface area contributed by atoms with Crippen molar-refractivity contribution >= 4 is 10.0 Å². The molecule has 0 aliphatic heterocycles. The molecule has 0 saturated heterocycles. The average molecular weight is 328 g/mol. The van der Waals surface area contributed by atoms with Crippen LogP contribution in [0, 0.1) is 13.8 Å². The van der Waals surface area contributed by atoms with Gasteiger partial charge in [-0.3, -0.25) is 0 Å². The van der Waals surface area contributed by atoms with Crippen LogP contribution in [0.1, 0.15) is 31.9 Å². The molecular weight excluding hydrogens is 300 g/mol. The number of rotatable bonds is 9. The van der Waals surface area contributed by atoms with Crippen LogP contribution >= 0.6 is 0 Å². The van der Waals surface area contributed by atoms with Crippen LogP contribution in [0.15, 0.2) is 17.0 Å². The van der Waals surface area contributed by atoms with Gasteiger partial charge in [0.2, 0.25) is 10.0 Å². The van der Waals surface area contributed by atoms with E-state index in [0.717, 1.165) is 24.2 Å². The van der Waals surface area contributed by atoms with E-state index in [1.807, 2.05) is 20.8 Å². The van der Waals surface area contributed by atoms with Gasteiger partial charge in [0.05, 0.1) is 6.61 Å². The van der Waals surface area contributed by atoms with E-state index >= 15 is 0 Å². The molecule has 6 heteroatoms. The van der Waals surface area contributed by atoms with Gasteiger partial charge in [0.25, 0.3) is 0 Å². The third-order valence-electron chi connectivity index (χ3n) is 3.76. The molecule has 0 spiro atoms. The SMILES string of the molecule is CCOc1cc(C)c(C)cc1S(=O)(=O)NCCN(CC)CC. The molecule has 1 aromatic carbocycles. The molecule has 0 unspecified atom stereocenters. The van der Waals surface area contributed by atoms with Crippen LogP contribution in [-0.2, 0) is 10.0 Å². The lowest BCUT2D eigenvalue weighted by molar-refractivity contribution is 0.308. The highest BCUT2D eigenvalue weighted by Gasteiger charge is 2.20. The van der Waals surface area contributed by atoms with E-state index in [4.69, 9.17) is 4.74 Å². The van der Waals surface area contributed by atoms with Crippen molar-refractivity contribution in [3.05, 3.63) is 23.3 Å². The predicted molar refractivity (Wildman–Crippen MR) is 90.1 cm³/mol. The molecule has 1 rings (SSSR count). The van der Waals surface area contributed by atoms with E-state index in [1.165, 1.54) is 0 Å². The highest BCUT2D eigenvalue weighted by atomic mass is 32.2. The second-order valence-corrected chi connectivity index (χ2v) is 6.98. The van der Waals surface area contributed by atoms with Gasteiger partial charge in [-0.1, -0.05) is 13.8 Å². The van der Waals surface area contributed by atoms with E-state index in [2.05, 4.69) is 23.5 Å². The molecule has 0 fully saturated rings. The van der Waals surface area contributed by atoms with Crippen molar-refractivity contribution in [1.82, 2.24) is 9.62 Å². The molecule has 5 nitrogen and oxygen atoms in total. The molecule has 1 N–H and O–H groups in total. The van der Waals surface area contributed by atoms with Gasteiger partial charge < -0.3 is 9.64 Å². The number of nitrogens with one attached hydrogen (secondary N) is 1. The number of hydrogen-bond acceptors (Lipinski definition) is 4. The lowest BCUT2D eigenvalue weighted by Crippen LogP contribution is -2.35. The lowest BCUT2D eigenvalue weighted by atomic mass is 10.1. The first-order chi connectivity index (χ1) is 10.4. The lowest BCUT2D eigenvalue weighted by Gasteiger charge is -2.19. The first kappa shape index (κ1) is 18.9. The summed E-state index contributed by atoms with van der Waals surface area (Å²) in [6.45, 7) is 13.2. The molecule has 0 saturated carbocycles. The van der Waals surface area contributed by atoms with Gasteiger partial charge in [-0.05, 0) is 57.1 Å². The van der Waals surface area contributed by atoms with E-state index in [9.17, 15) is 8.42 Å². The Morgan fingerprint density at radius 1 is 1.09 bits per heavy atom. The summed E-state index contributed by atoms with van der Waals surface area (Å²) in [5.74, 6) is 0.418. The second kappa shape index (κ2) is 8.50. The van der Waals surface area contributed by atoms with Gasteiger partial charge in [-0.15, -0.1) is 0 Å². The fourth-order valence-corrected chi connectivity index (χ4v) is 3.43. The average Bonchev–Trinajstić information content (AvgIpc) is 2.47. The summed E-state index contributed by atoms with van der Waals surface area (Å²) in [7, 11) is -3.57. The second-order valence-electron chi connectivity index (χ2n) is 5.24. The third kappa shape index (κ3) is 4.97. The molecular formula is C16H28N2O3S. The summed E-state index contributed by atoms with van der Waals surface area (Å²) in [5, 5.41) is 0. The van der Waals surface area contributed by atoms with Gasteiger partial charge in [-0.2, -0.15) is 0 Å². The Balaban J connectivity index is 2.94. The van der Waals surface area contributed by atoms with Crippen molar-refractivity contribution in [2.45, 2.75) is 39.5 Å². The van der Waals surface area contributed by atoms with Crippen molar-refractivity contribution in [2.75, 3.05) is 32.8 Å². The van der Waals surface area contributed by atoms with Crippen LogP contribution in [-0.4, -0.2) is 46.1 Å². The summed E-state index contributed by atoms with van der Waals surface area (Å²) in [4.78, 5) is 2.39. The van der Waals surface area contributed by atoms with Crippen LogP contribution < -0.4 is 9.46 Å². The number of hydrogen-bond donors (Lipinski definition) is 1. The Morgan fingerprint density at radius 2 is 1.68 bits per heavy atom. The topological polar surface area (TPSA) is 58.6 Å². The van der Waals surface area contributed by atoms with Crippen molar-refractivity contribution in [2.24, 2.45) is 0 Å². The predicted octanol–water partition coefficient (Wildman–Crippen LogP) is 2.32. The minimum Gasteiger partial charge on any atom is -0.492 e. The van der Waals surface area contributed by atoms with Crippen LogP contribution in [0.2, 0.25) is 0 Å². The molecule has 0 bridgehead atoms. The molecule has 0 heterocycles. The number of likely N-dealkylation sites (N-methyl/N-ethyl adjacent to an activating group) is 1. The summed E-state index contributed by atoms with van der Waals surface area (Å²) < 4.78 is 33.2. The van der Waals surface area contributed by atoms with Crippen molar-refractivity contribution in [1.29, 1.82) is 0 Å². The molecule has 1 aromatic rings. The maximum absolute atomic E-state index is 12.5. The van der Waals surface area contributed by atoms with Crippen LogP contribution in [0.5, 0.6) is 5.75 Å². The summed E-state index contributed by atoms with van der Waals surface area (Å²) >= 11 is 0. The molecule has 0 aromatic heterocycles.